The van der Waals surface area contributed by atoms with Crippen molar-refractivity contribution in [3.63, 3.8) is 0 Å². The van der Waals surface area contributed by atoms with Gasteiger partial charge >= 0.3 is 0 Å². The fourth-order valence-corrected chi connectivity index (χ4v) is 5.29. The van der Waals surface area contributed by atoms with Crippen LogP contribution in [0.25, 0.3) is 0 Å². The Morgan fingerprint density at radius 3 is 1.74 bits per heavy atom. The molecule has 1 rings (SSSR count). The van der Waals surface area contributed by atoms with Crippen LogP contribution < -0.4 is 0 Å². The monoisotopic (exact) mass is 455 g/mol. The van der Waals surface area contributed by atoms with Gasteiger partial charge in [0.25, 0.3) is 0 Å². The van der Waals surface area contributed by atoms with Gasteiger partial charge in [0.1, 0.15) is 15.4 Å². The molecule has 0 spiro atoms. The first-order chi connectivity index (χ1) is 15.2. The third kappa shape index (κ3) is 15.5. The summed E-state index contributed by atoms with van der Waals surface area (Å²) < 4.78 is 10.5. The molecule has 6 heteroatoms. The molecule has 0 aromatic carbocycles. The van der Waals surface area contributed by atoms with Gasteiger partial charge in [-0.05, 0) is 38.9 Å². The first kappa shape index (κ1) is 29.0. The van der Waals surface area contributed by atoms with Gasteiger partial charge in [-0.2, -0.15) is 0 Å². The summed E-state index contributed by atoms with van der Waals surface area (Å²) in [7, 11) is 4.24. The van der Waals surface area contributed by atoms with Crippen LogP contribution in [0, 0.1) is 0 Å². The molecule has 0 saturated carbocycles. The zero-order valence-electron chi connectivity index (χ0n) is 21.4. The number of unbranched alkanes of at least 4 members (excludes halogenated alkanes) is 7. The summed E-state index contributed by atoms with van der Waals surface area (Å²) in [6.45, 7) is 16.1. The summed E-state index contributed by atoms with van der Waals surface area (Å²) >= 11 is 0. The fraction of sp³-hybridized carbons (Fsp3) is 1.00. The van der Waals surface area contributed by atoms with Crippen LogP contribution in [0.2, 0.25) is 6.04 Å². The Morgan fingerprint density at radius 2 is 1.19 bits per heavy atom. The van der Waals surface area contributed by atoms with E-state index >= 15 is 0 Å². The third-order valence-corrected chi connectivity index (χ3v) is 7.94. The topological polar surface area (TPSA) is 28.2 Å². The van der Waals surface area contributed by atoms with Gasteiger partial charge in [-0.15, -0.1) is 0 Å². The molecule has 0 aromatic rings. The Kier molecular flexibility index (Phi) is 19.3. The van der Waals surface area contributed by atoms with Crippen LogP contribution in [0.1, 0.15) is 78.1 Å². The summed E-state index contributed by atoms with van der Waals surface area (Å²) in [5.41, 5.74) is 0. The van der Waals surface area contributed by atoms with E-state index in [1.165, 1.54) is 129 Å². The molecule has 0 bridgehead atoms. The van der Waals surface area contributed by atoms with E-state index < -0.39 is 0 Å². The molecule has 2 radical (unpaired) electrons. The van der Waals surface area contributed by atoms with Gasteiger partial charge in [-0.25, -0.2) is 0 Å². The normalized spacial score (nSPS) is 16.1. The highest BCUT2D eigenvalue weighted by molar-refractivity contribution is 6.36. The zero-order valence-corrected chi connectivity index (χ0v) is 22.4. The molecule has 0 N–H and O–H groups in total. The minimum atomic E-state index is 0.0153. The molecule has 1 fully saturated rings. The molecule has 0 atom stereocenters. The maximum absolute atomic E-state index is 5.26. The molecule has 1 aliphatic heterocycles. The van der Waals surface area contributed by atoms with Crippen LogP contribution in [-0.4, -0.2) is 103 Å². The second kappa shape index (κ2) is 20.6. The molecular formula is C25H53N3O2Si. The zero-order chi connectivity index (χ0) is 22.6. The molecule has 1 heterocycles. The number of rotatable bonds is 21. The Hall–Kier alpha value is 0.0169. The number of nitrogens with zero attached hydrogens (tertiary/aromatic N) is 3. The molecule has 31 heavy (non-hydrogen) atoms. The highest BCUT2D eigenvalue weighted by Crippen LogP contribution is 2.10. The van der Waals surface area contributed by atoms with Crippen molar-refractivity contribution in [1.29, 1.82) is 0 Å². The largest absolute Gasteiger partial charge is 0.360 e. The molecule has 0 amide bonds. The second-order valence-electron chi connectivity index (χ2n) is 9.11. The average molecular weight is 456 g/mol. The Labute approximate surface area is 197 Å². The van der Waals surface area contributed by atoms with Crippen molar-refractivity contribution in [3.8, 4) is 0 Å². The van der Waals surface area contributed by atoms with Gasteiger partial charge in [0, 0.05) is 53.5 Å². The van der Waals surface area contributed by atoms with E-state index in [2.05, 4.69) is 28.5 Å². The van der Waals surface area contributed by atoms with Crippen molar-refractivity contribution < 1.29 is 9.47 Å². The average Bonchev–Trinajstić information content (AvgIpc) is 2.80. The van der Waals surface area contributed by atoms with Crippen LogP contribution >= 0.6 is 0 Å². The number of ether oxygens (including phenoxy) is 2. The standard InChI is InChI=1S/C25H53N3O2Si/c1-5-7-15-26(16-8-6-2)18-21-28-22-19-27(20-23-28)17-13-11-9-10-12-14-24-31-25(29-3)30-4/h25H,5-24H2,1-4H3. The van der Waals surface area contributed by atoms with Gasteiger partial charge in [0.2, 0.25) is 0 Å². The van der Waals surface area contributed by atoms with Gasteiger partial charge in [-0.1, -0.05) is 64.8 Å². The molecule has 0 unspecified atom stereocenters. The molecule has 0 aromatic heterocycles. The van der Waals surface area contributed by atoms with Gasteiger partial charge in [0.05, 0.1) is 0 Å². The van der Waals surface area contributed by atoms with Crippen LogP contribution in [0.4, 0.5) is 0 Å². The Morgan fingerprint density at radius 1 is 0.677 bits per heavy atom. The highest BCUT2D eigenvalue weighted by atomic mass is 28.2. The Balaban J connectivity index is 1.98. The molecule has 5 nitrogen and oxygen atoms in total. The quantitative estimate of drug-likeness (QED) is 0.144. The lowest BCUT2D eigenvalue weighted by Crippen LogP contribution is -2.48. The maximum Gasteiger partial charge on any atom is 0.136 e. The highest BCUT2D eigenvalue weighted by Gasteiger charge is 2.17. The van der Waals surface area contributed by atoms with Crippen molar-refractivity contribution in [2.45, 2.75) is 90.0 Å². The lowest BCUT2D eigenvalue weighted by molar-refractivity contribution is -0.0441. The molecule has 0 aliphatic carbocycles. The van der Waals surface area contributed by atoms with E-state index in [-0.39, 0.29) is 5.91 Å². The summed E-state index contributed by atoms with van der Waals surface area (Å²) in [6.07, 6.45) is 13.5. The SMILES string of the molecule is CCCCN(CCCC)CCN1CCN(CCCCCCCC[Si]C(OC)OC)CC1. The van der Waals surface area contributed by atoms with Gasteiger partial charge in [0.15, 0.2) is 0 Å². The maximum atomic E-state index is 5.26. The molecular weight excluding hydrogens is 402 g/mol. The summed E-state index contributed by atoms with van der Waals surface area (Å²) in [4.78, 5) is 8.09. The predicted octanol–water partition coefficient (Wildman–Crippen LogP) is 4.55. The van der Waals surface area contributed by atoms with E-state index in [1.54, 1.807) is 14.2 Å². The minimum Gasteiger partial charge on any atom is -0.360 e. The van der Waals surface area contributed by atoms with Crippen LogP contribution in [0.3, 0.4) is 0 Å². The van der Waals surface area contributed by atoms with Crippen molar-refractivity contribution in [2.75, 3.05) is 73.1 Å². The van der Waals surface area contributed by atoms with E-state index in [0.29, 0.717) is 0 Å². The van der Waals surface area contributed by atoms with Crippen molar-refractivity contribution in [2.24, 2.45) is 0 Å². The third-order valence-electron chi connectivity index (χ3n) is 6.49. The lowest BCUT2D eigenvalue weighted by Gasteiger charge is -2.36. The van der Waals surface area contributed by atoms with Gasteiger partial charge < -0.3 is 19.3 Å². The van der Waals surface area contributed by atoms with Crippen LogP contribution in [-0.2, 0) is 9.47 Å². The van der Waals surface area contributed by atoms with E-state index in [0.717, 1.165) is 9.52 Å². The molecule has 1 aliphatic rings. The second-order valence-corrected chi connectivity index (χ2v) is 10.5. The van der Waals surface area contributed by atoms with E-state index in [9.17, 15) is 0 Å². The number of hydrogen-bond acceptors (Lipinski definition) is 5. The minimum absolute atomic E-state index is 0.0153. The smallest absolute Gasteiger partial charge is 0.136 e. The first-order valence-electron chi connectivity index (χ1n) is 13.2. The summed E-state index contributed by atoms with van der Waals surface area (Å²) in [5, 5.41) is 0. The summed E-state index contributed by atoms with van der Waals surface area (Å²) in [6, 6.07) is 1.24. The fourth-order valence-electron chi connectivity index (χ4n) is 4.27. The van der Waals surface area contributed by atoms with Crippen LogP contribution in [0.5, 0.6) is 0 Å². The molecule has 1 saturated heterocycles. The number of piperazine rings is 1. The van der Waals surface area contributed by atoms with Crippen molar-refractivity contribution in [1.82, 2.24) is 14.7 Å². The van der Waals surface area contributed by atoms with Crippen molar-refractivity contribution in [3.05, 3.63) is 0 Å². The number of methoxy groups -OCH3 is 2. The first-order valence-corrected chi connectivity index (χ1v) is 14.5. The van der Waals surface area contributed by atoms with E-state index in [1.807, 2.05) is 0 Å². The van der Waals surface area contributed by atoms with Crippen LogP contribution in [0.15, 0.2) is 0 Å². The Bertz CT molecular complexity index is 370. The predicted molar refractivity (Wildman–Crippen MR) is 135 cm³/mol. The lowest BCUT2D eigenvalue weighted by atomic mass is 10.1. The van der Waals surface area contributed by atoms with Gasteiger partial charge in [-0.3, -0.25) is 4.90 Å². The molecule has 184 valence electrons. The summed E-state index contributed by atoms with van der Waals surface area (Å²) in [5.74, 6) is 0.0153. The van der Waals surface area contributed by atoms with E-state index in [4.69, 9.17) is 9.47 Å². The number of hydrogen-bond donors (Lipinski definition) is 0. The van der Waals surface area contributed by atoms with Crippen molar-refractivity contribution >= 4 is 9.52 Å².